The Balaban J connectivity index is 2.38. The lowest BCUT2D eigenvalue weighted by Gasteiger charge is -2.06. The average molecular weight is 264 g/mol. The Morgan fingerprint density at radius 2 is 1.89 bits per heavy atom. The molecular formula is C12H12N2O3S. The van der Waals surface area contributed by atoms with Crippen molar-refractivity contribution >= 4 is 15.7 Å². The minimum Gasteiger partial charge on any atom is -0.328 e. The van der Waals surface area contributed by atoms with Crippen molar-refractivity contribution in [2.24, 2.45) is 0 Å². The zero-order chi connectivity index (χ0) is 13.2. The molecule has 0 aliphatic rings. The van der Waals surface area contributed by atoms with E-state index in [1.165, 1.54) is 6.07 Å². The van der Waals surface area contributed by atoms with Gasteiger partial charge in [0, 0.05) is 18.0 Å². The van der Waals surface area contributed by atoms with Crippen molar-refractivity contribution in [3.63, 3.8) is 0 Å². The van der Waals surface area contributed by atoms with Crippen LogP contribution in [0.25, 0.3) is 11.1 Å². The highest BCUT2D eigenvalue weighted by atomic mass is 32.2. The average Bonchev–Trinajstić information content (AvgIpc) is 2.28. The summed E-state index contributed by atoms with van der Waals surface area (Å²) in [5, 5.41) is 0. The Labute approximate surface area is 105 Å². The lowest BCUT2D eigenvalue weighted by atomic mass is 10.1. The first-order valence-electron chi connectivity index (χ1n) is 5.21. The number of hydrogen-bond donors (Lipinski definition) is 2. The molecule has 1 aromatic carbocycles. The molecule has 0 unspecified atom stereocenters. The number of pyridine rings is 1. The summed E-state index contributed by atoms with van der Waals surface area (Å²) in [6.45, 7) is 0. The van der Waals surface area contributed by atoms with Crippen LogP contribution in [-0.2, 0) is 10.0 Å². The van der Waals surface area contributed by atoms with E-state index in [0.717, 1.165) is 17.4 Å². The Bertz CT molecular complexity index is 700. The first-order valence-corrected chi connectivity index (χ1v) is 7.10. The molecule has 0 aliphatic heterocycles. The Hall–Kier alpha value is -2.08. The second-order valence-electron chi connectivity index (χ2n) is 3.90. The minimum atomic E-state index is -3.29. The number of aromatic amines is 1. The van der Waals surface area contributed by atoms with Gasteiger partial charge in [-0.05, 0) is 29.3 Å². The molecule has 2 N–H and O–H groups in total. The predicted molar refractivity (Wildman–Crippen MR) is 71.0 cm³/mol. The Morgan fingerprint density at radius 3 is 2.50 bits per heavy atom. The van der Waals surface area contributed by atoms with E-state index >= 15 is 0 Å². The lowest BCUT2D eigenvalue weighted by Crippen LogP contribution is -2.09. The molecule has 0 amide bonds. The summed E-state index contributed by atoms with van der Waals surface area (Å²) in [6.07, 6.45) is 2.68. The summed E-state index contributed by atoms with van der Waals surface area (Å²) in [5.74, 6) is 0. The van der Waals surface area contributed by atoms with E-state index in [9.17, 15) is 13.2 Å². The van der Waals surface area contributed by atoms with Crippen molar-refractivity contribution in [2.75, 3.05) is 11.0 Å². The van der Waals surface area contributed by atoms with Gasteiger partial charge in [0.1, 0.15) is 0 Å². The second kappa shape index (κ2) is 4.66. The third-order valence-electron chi connectivity index (χ3n) is 2.28. The molecule has 0 radical (unpaired) electrons. The van der Waals surface area contributed by atoms with Crippen LogP contribution in [0.15, 0.2) is 47.4 Å². The fraction of sp³-hybridized carbons (Fsp3) is 0.0833. The fourth-order valence-corrected chi connectivity index (χ4v) is 2.12. The maximum atomic E-state index is 11.1. The third kappa shape index (κ3) is 3.21. The topological polar surface area (TPSA) is 79.0 Å². The maximum absolute atomic E-state index is 11.1. The highest BCUT2D eigenvalue weighted by Gasteiger charge is 2.03. The summed E-state index contributed by atoms with van der Waals surface area (Å²) in [5.41, 5.74) is 1.94. The van der Waals surface area contributed by atoms with Gasteiger partial charge < -0.3 is 4.98 Å². The number of sulfonamides is 1. The molecule has 0 saturated carbocycles. The van der Waals surface area contributed by atoms with Gasteiger partial charge in [-0.1, -0.05) is 12.1 Å². The monoisotopic (exact) mass is 264 g/mol. The van der Waals surface area contributed by atoms with Crippen LogP contribution in [0.4, 0.5) is 5.69 Å². The van der Waals surface area contributed by atoms with E-state index in [1.807, 2.05) is 6.07 Å². The molecule has 0 aliphatic carbocycles. The first-order chi connectivity index (χ1) is 8.44. The van der Waals surface area contributed by atoms with Crippen molar-refractivity contribution in [1.29, 1.82) is 0 Å². The molecule has 0 saturated heterocycles. The number of rotatable bonds is 3. The molecule has 0 fully saturated rings. The van der Waals surface area contributed by atoms with Gasteiger partial charge in [0.15, 0.2) is 0 Å². The molecule has 18 heavy (non-hydrogen) atoms. The number of hydrogen-bond acceptors (Lipinski definition) is 3. The minimum absolute atomic E-state index is 0.177. The van der Waals surface area contributed by atoms with Gasteiger partial charge in [0.25, 0.3) is 0 Å². The largest absolute Gasteiger partial charge is 0.328 e. The number of nitrogens with one attached hydrogen (secondary N) is 2. The molecule has 0 spiro atoms. The van der Waals surface area contributed by atoms with Crippen molar-refractivity contribution < 1.29 is 8.42 Å². The van der Waals surface area contributed by atoms with E-state index in [1.54, 1.807) is 30.5 Å². The molecular weight excluding hydrogens is 252 g/mol. The molecule has 1 aromatic heterocycles. The third-order valence-corrected chi connectivity index (χ3v) is 2.89. The Morgan fingerprint density at radius 1 is 1.11 bits per heavy atom. The van der Waals surface area contributed by atoms with E-state index in [2.05, 4.69) is 9.71 Å². The molecule has 5 nitrogen and oxygen atoms in total. The predicted octanol–water partition coefficient (Wildman–Crippen LogP) is 1.41. The molecule has 0 bridgehead atoms. The second-order valence-corrected chi connectivity index (χ2v) is 5.65. The van der Waals surface area contributed by atoms with Gasteiger partial charge in [-0.15, -0.1) is 0 Å². The van der Waals surface area contributed by atoms with Gasteiger partial charge in [-0.3, -0.25) is 9.52 Å². The van der Waals surface area contributed by atoms with E-state index in [4.69, 9.17) is 0 Å². The van der Waals surface area contributed by atoms with E-state index in [0.29, 0.717) is 5.69 Å². The maximum Gasteiger partial charge on any atom is 0.247 e. The van der Waals surface area contributed by atoms with E-state index < -0.39 is 10.0 Å². The highest BCUT2D eigenvalue weighted by Crippen LogP contribution is 2.21. The van der Waals surface area contributed by atoms with Gasteiger partial charge in [0.05, 0.1) is 6.26 Å². The summed E-state index contributed by atoms with van der Waals surface area (Å²) in [4.78, 5) is 13.5. The fourth-order valence-electron chi connectivity index (χ4n) is 1.57. The molecule has 0 atom stereocenters. The first kappa shape index (κ1) is 12.4. The number of anilines is 1. The molecule has 1 heterocycles. The zero-order valence-corrected chi connectivity index (χ0v) is 10.5. The van der Waals surface area contributed by atoms with Crippen LogP contribution < -0.4 is 10.3 Å². The van der Waals surface area contributed by atoms with Crippen LogP contribution in [0.3, 0.4) is 0 Å². The Kier molecular flexibility index (Phi) is 3.20. The number of aromatic nitrogens is 1. The van der Waals surface area contributed by atoms with E-state index in [-0.39, 0.29) is 5.56 Å². The van der Waals surface area contributed by atoms with Gasteiger partial charge in [-0.2, -0.15) is 0 Å². The smallest absolute Gasteiger partial charge is 0.247 e. The van der Waals surface area contributed by atoms with Gasteiger partial charge >= 0.3 is 0 Å². The van der Waals surface area contributed by atoms with Crippen LogP contribution in [-0.4, -0.2) is 19.7 Å². The highest BCUT2D eigenvalue weighted by molar-refractivity contribution is 7.92. The number of H-pyrrole nitrogens is 1. The number of benzene rings is 1. The van der Waals surface area contributed by atoms with Crippen LogP contribution in [0, 0.1) is 0 Å². The summed E-state index contributed by atoms with van der Waals surface area (Å²) in [6, 6.07) is 10.0. The van der Waals surface area contributed by atoms with Crippen molar-refractivity contribution in [3.8, 4) is 11.1 Å². The molecule has 2 aromatic rings. The summed E-state index contributed by atoms with van der Waals surface area (Å²) >= 11 is 0. The van der Waals surface area contributed by atoms with Crippen LogP contribution >= 0.6 is 0 Å². The summed E-state index contributed by atoms with van der Waals surface area (Å²) < 4.78 is 24.7. The van der Waals surface area contributed by atoms with Gasteiger partial charge in [0.2, 0.25) is 15.6 Å². The SMILES string of the molecule is CS(=O)(=O)Nc1cccc(-c2ccc(=O)[nH]c2)c1. The van der Waals surface area contributed by atoms with Crippen LogP contribution in [0.5, 0.6) is 0 Å². The zero-order valence-electron chi connectivity index (χ0n) is 9.67. The standard InChI is InChI=1S/C12H12N2O3S/c1-18(16,17)14-11-4-2-3-9(7-11)10-5-6-12(15)13-8-10/h2-8,14H,1H3,(H,13,15). The van der Waals surface area contributed by atoms with Gasteiger partial charge in [-0.25, -0.2) is 8.42 Å². The van der Waals surface area contributed by atoms with Crippen LogP contribution in [0.1, 0.15) is 0 Å². The van der Waals surface area contributed by atoms with Crippen molar-refractivity contribution in [3.05, 3.63) is 52.9 Å². The molecule has 6 heteroatoms. The lowest BCUT2D eigenvalue weighted by molar-refractivity contribution is 0.607. The summed E-state index contributed by atoms with van der Waals surface area (Å²) in [7, 11) is -3.29. The van der Waals surface area contributed by atoms with Crippen molar-refractivity contribution in [1.82, 2.24) is 4.98 Å². The molecule has 94 valence electrons. The quantitative estimate of drug-likeness (QED) is 0.879. The normalized spacial score (nSPS) is 11.2. The molecule has 2 rings (SSSR count). The van der Waals surface area contributed by atoms with Crippen LogP contribution in [0.2, 0.25) is 0 Å². The van der Waals surface area contributed by atoms with Crippen molar-refractivity contribution in [2.45, 2.75) is 0 Å².